The number of amides is 1. The van der Waals surface area contributed by atoms with E-state index in [1.807, 2.05) is 18.9 Å². The number of carbonyl (C=O) groups excluding carboxylic acids is 1. The Bertz CT molecular complexity index is 443. The molecule has 2 aliphatic rings. The van der Waals surface area contributed by atoms with Crippen molar-refractivity contribution in [2.45, 2.75) is 52.5 Å². The van der Waals surface area contributed by atoms with Crippen molar-refractivity contribution < 1.29 is 4.79 Å². The quantitative estimate of drug-likeness (QED) is 0.433. The number of piperidine rings is 1. The second-order valence-corrected chi connectivity index (χ2v) is 7.88. The standard InChI is InChI=1S/C19H37N5O/c1-5-18(25)24-10-7-17(14-24)22-19(20-4)21-8-6-9-23-12-15(2)11-16(3)13-23/h15-17H,5-14H2,1-4H3,(H2,20,21,22). The van der Waals surface area contributed by atoms with E-state index in [1.165, 1.54) is 19.5 Å². The van der Waals surface area contributed by atoms with Gasteiger partial charge in [-0.15, -0.1) is 0 Å². The molecule has 2 N–H and O–H groups in total. The van der Waals surface area contributed by atoms with Crippen molar-refractivity contribution in [2.24, 2.45) is 16.8 Å². The van der Waals surface area contributed by atoms with E-state index in [0.717, 1.165) is 56.8 Å². The molecule has 1 amide bonds. The lowest BCUT2D eigenvalue weighted by molar-refractivity contribution is -0.129. The van der Waals surface area contributed by atoms with Gasteiger partial charge in [0, 0.05) is 52.2 Å². The Balaban J connectivity index is 1.63. The molecule has 0 aromatic carbocycles. The van der Waals surface area contributed by atoms with E-state index in [1.54, 1.807) is 0 Å². The van der Waals surface area contributed by atoms with Crippen LogP contribution in [0.3, 0.4) is 0 Å². The maximum absolute atomic E-state index is 11.8. The molecule has 3 atom stereocenters. The fourth-order valence-corrected chi connectivity index (χ4v) is 4.20. The molecule has 0 radical (unpaired) electrons. The molecule has 2 rings (SSSR count). The van der Waals surface area contributed by atoms with Crippen molar-refractivity contribution in [3.8, 4) is 0 Å². The number of hydrogen-bond donors (Lipinski definition) is 2. The van der Waals surface area contributed by atoms with Gasteiger partial charge in [0.05, 0.1) is 0 Å². The zero-order chi connectivity index (χ0) is 18.2. The van der Waals surface area contributed by atoms with Crippen molar-refractivity contribution >= 4 is 11.9 Å². The topological polar surface area (TPSA) is 60.0 Å². The van der Waals surface area contributed by atoms with Gasteiger partial charge in [-0.1, -0.05) is 20.8 Å². The number of nitrogens with one attached hydrogen (secondary N) is 2. The second-order valence-electron chi connectivity index (χ2n) is 7.88. The van der Waals surface area contributed by atoms with Crippen LogP contribution in [0.2, 0.25) is 0 Å². The Morgan fingerprint density at radius 1 is 1.20 bits per heavy atom. The molecule has 25 heavy (non-hydrogen) atoms. The molecule has 2 saturated heterocycles. The van der Waals surface area contributed by atoms with E-state index < -0.39 is 0 Å². The van der Waals surface area contributed by atoms with Crippen LogP contribution in [0.25, 0.3) is 0 Å². The van der Waals surface area contributed by atoms with Crippen LogP contribution in [0.4, 0.5) is 0 Å². The highest BCUT2D eigenvalue weighted by Crippen LogP contribution is 2.20. The number of aliphatic imine (C=N–C) groups is 1. The molecule has 2 heterocycles. The third-order valence-electron chi connectivity index (χ3n) is 5.30. The normalized spacial score (nSPS) is 28.2. The molecule has 0 aliphatic carbocycles. The molecule has 6 nitrogen and oxygen atoms in total. The van der Waals surface area contributed by atoms with Crippen molar-refractivity contribution in [3.05, 3.63) is 0 Å². The third kappa shape index (κ3) is 6.49. The molecular weight excluding hydrogens is 314 g/mol. The van der Waals surface area contributed by atoms with Gasteiger partial charge in [-0.3, -0.25) is 9.79 Å². The highest BCUT2D eigenvalue weighted by Gasteiger charge is 2.25. The van der Waals surface area contributed by atoms with Crippen molar-refractivity contribution in [3.63, 3.8) is 0 Å². The number of guanidine groups is 1. The van der Waals surface area contributed by atoms with E-state index in [4.69, 9.17) is 0 Å². The zero-order valence-corrected chi connectivity index (χ0v) is 16.6. The van der Waals surface area contributed by atoms with Crippen LogP contribution < -0.4 is 10.6 Å². The predicted octanol–water partition coefficient (Wildman–Crippen LogP) is 1.53. The van der Waals surface area contributed by atoms with Gasteiger partial charge in [-0.25, -0.2) is 0 Å². The van der Waals surface area contributed by atoms with Gasteiger partial charge in [0.1, 0.15) is 0 Å². The number of likely N-dealkylation sites (tertiary alicyclic amines) is 2. The predicted molar refractivity (Wildman–Crippen MR) is 104 cm³/mol. The molecule has 3 unspecified atom stereocenters. The summed E-state index contributed by atoms with van der Waals surface area (Å²) in [5, 5.41) is 6.88. The summed E-state index contributed by atoms with van der Waals surface area (Å²) in [7, 11) is 1.81. The van der Waals surface area contributed by atoms with Gasteiger partial charge in [0.15, 0.2) is 5.96 Å². The molecule has 2 fully saturated rings. The van der Waals surface area contributed by atoms with E-state index in [2.05, 4.69) is 34.4 Å². The van der Waals surface area contributed by atoms with Crippen LogP contribution in [0.5, 0.6) is 0 Å². The summed E-state index contributed by atoms with van der Waals surface area (Å²) in [5.74, 6) is 2.75. The van der Waals surface area contributed by atoms with Crippen LogP contribution in [0, 0.1) is 11.8 Å². The van der Waals surface area contributed by atoms with Crippen LogP contribution >= 0.6 is 0 Å². The van der Waals surface area contributed by atoms with Crippen LogP contribution in [0.1, 0.15) is 46.5 Å². The Hall–Kier alpha value is -1.30. The average Bonchev–Trinajstić information content (AvgIpc) is 3.04. The van der Waals surface area contributed by atoms with E-state index in [9.17, 15) is 4.79 Å². The Morgan fingerprint density at radius 2 is 1.92 bits per heavy atom. The lowest BCUT2D eigenvalue weighted by Gasteiger charge is -2.35. The largest absolute Gasteiger partial charge is 0.356 e. The summed E-state index contributed by atoms with van der Waals surface area (Å²) in [6, 6.07) is 0.311. The molecule has 0 bridgehead atoms. The maximum Gasteiger partial charge on any atom is 0.222 e. The lowest BCUT2D eigenvalue weighted by atomic mass is 9.92. The molecule has 0 aromatic heterocycles. The first-order valence-corrected chi connectivity index (χ1v) is 9.99. The second kappa shape index (κ2) is 10.00. The van der Waals surface area contributed by atoms with E-state index in [-0.39, 0.29) is 5.91 Å². The minimum atomic E-state index is 0.247. The number of carbonyl (C=O) groups is 1. The minimum Gasteiger partial charge on any atom is -0.356 e. The molecular formula is C19H37N5O. The fourth-order valence-electron chi connectivity index (χ4n) is 4.20. The van der Waals surface area contributed by atoms with Crippen LogP contribution in [-0.2, 0) is 4.79 Å². The smallest absolute Gasteiger partial charge is 0.222 e. The van der Waals surface area contributed by atoms with Crippen LogP contribution in [-0.4, -0.2) is 74.0 Å². The number of rotatable bonds is 6. The first kappa shape index (κ1) is 20.0. The fraction of sp³-hybridized carbons (Fsp3) is 0.895. The highest BCUT2D eigenvalue weighted by atomic mass is 16.2. The van der Waals surface area contributed by atoms with Crippen molar-refractivity contribution in [1.29, 1.82) is 0 Å². The van der Waals surface area contributed by atoms with Gasteiger partial charge in [0.2, 0.25) is 5.91 Å². The zero-order valence-electron chi connectivity index (χ0n) is 16.6. The van der Waals surface area contributed by atoms with Crippen molar-refractivity contribution in [2.75, 3.05) is 46.3 Å². The van der Waals surface area contributed by atoms with Gasteiger partial charge >= 0.3 is 0 Å². The molecule has 0 saturated carbocycles. The van der Waals surface area contributed by atoms with Crippen LogP contribution in [0.15, 0.2) is 4.99 Å². The molecule has 0 aromatic rings. The summed E-state index contributed by atoms with van der Waals surface area (Å²) in [4.78, 5) is 20.6. The van der Waals surface area contributed by atoms with Crippen molar-refractivity contribution in [1.82, 2.24) is 20.4 Å². The molecule has 6 heteroatoms. The molecule has 0 spiro atoms. The van der Waals surface area contributed by atoms with Gasteiger partial charge in [0.25, 0.3) is 0 Å². The average molecular weight is 352 g/mol. The third-order valence-corrected chi connectivity index (χ3v) is 5.30. The summed E-state index contributed by atoms with van der Waals surface area (Å²) in [6.45, 7) is 12.9. The SMILES string of the molecule is CCC(=O)N1CCC(NC(=NC)NCCCN2CC(C)CC(C)C2)C1. The van der Waals surface area contributed by atoms with E-state index >= 15 is 0 Å². The maximum atomic E-state index is 11.8. The number of hydrogen-bond acceptors (Lipinski definition) is 3. The highest BCUT2D eigenvalue weighted by molar-refractivity contribution is 5.80. The summed E-state index contributed by atoms with van der Waals surface area (Å²) in [6.07, 6.45) is 4.08. The summed E-state index contributed by atoms with van der Waals surface area (Å²) in [5.41, 5.74) is 0. The molecule has 144 valence electrons. The van der Waals surface area contributed by atoms with Gasteiger partial charge in [-0.05, 0) is 37.6 Å². The lowest BCUT2D eigenvalue weighted by Crippen LogP contribution is -2.46. The van der Waals surface area contributed by atoms with Gasteiger partial charge < -0.3 is 20.4 Å². The summed E-state index contributed by atoms with van der Waals surface area (Å²) >= 11 is 0. The number of nitrogens with zero attached hydrogens (tertiary/aromatic N) is 3. The monoisotopic (exact) mass is 351 g/mol. The first-order valence-electron chi connectivity index (χ1n) is 9.99. The van der Waals surface area contributed by atoms with Gasteiger partial charge in [-0.2, -0.15) is 0 Å². The minimum absolute atomic E-state index is 0.247. The summed E-state index contributed by atoms with van der Waals surface area (Å²) < 4.78 is 0. The Morgan fingerprint density at radius 3 is 2.56 bits per heavy atom. The van der Waals surface area contributed by atoms with E-state index in [0.29, 0.717) is 12.5 Å². The Labute approximate surface area is 153 Å². The molecule has 2 aliphatic heterocycles. The Kier molecular flexibility index (Phi) is 8.00. The first-order chi connectivity index (χ1) is 12.0.